The normalized spacial score (nSPS) is 14.2. The molecule has 2 unspecified atom stereocenters. The minimum atomic E-state index is 0.314. The SMILES string of the molecule is C=CC(C)NC(C)COc1ccc(C)cc1. The molecule has 0 saturated carbocycles. The van der Waals surface area contributed by atoms with E-state index in [9.17, 15) is 0 Å². The summed E-state index contributed by atoms with van der Waals surface area (Å²) in [6, 6.07) is 8.74. The Morgan fingerprint density at radius 1 is 1.31 bits per heavy atom. The average Bonchev–Trinajstić information content (AvgIpc) is 2.28. The first-order chi connectivity index (χ1) is 7.61. The van der Waals surface area contributed by atoms with Crippen molar-refractivity contribution in [3.63, 3.8) is 0 Å². The fourth-order valence-electron chi connectivity index (χ4n) is 1.42. The lowest BCUT2D eigenvalue weighted by atomic mass is 10.2. The van der Waals surface area contributed by atoms with Gasteiger partial charge in [0.25, 0.3) is 0 Å². The predicted octanol–water partition coefficient (Wildman–Crippen LogP) is 2.93. The molecule has 0 spiro atoms. The van der Waals surface area contributed by atoms with Gasteiger partial charge in [-0.15, -0.1) is 6.58 Å². The summed E-state index contributed by atoms with van der Waals surface area (Å²) >= 11 is 0. The van der Waals surface area contributed by atoms with Crippen molar-refractivity contribution >= 4 is 0 Å². The zero-order valence-corrected chi connectivity index (χ0v) is 10.4. The van der Waals surface area contributed by atoms with Gasteiger partial charge in [-0.25, -0.2) is 0 Å². The average molecular weight is 219 g/mol. The first-order valence-corrected chi connectivity index (χ1v) is 5.70. The molecule has 0 fully saturated rings. The lowest BCUT2D eigenvalue weighted by molar-refractivity contribution is 0.269. The smallest absolute Gasteiger partial charge is 0.119 e. The van der Waals surface area contributed by atoms with Crippen LogP contribution in [0.4, 0.5) is 0 Å². The van der Waals surface area contributed by atoms with Crippen LogP contribution >= 0.6 is 0 Å². The molecule has 0 aliphatic rings. The summed E-state index contributed by atoms with van der Waals surface area (Å²) in [5.74, 6) is 0.922. The van der Waals surface area contributed by atoms with Crippen LogP contribution in [0.3, 0.4) is 0 Å². The van der Waals surface area contributed by atoms with Crippen molar-refractivity contribution in [2.45, 2.75) is 32.9 Å². The summed E-state index contributed by atoms with van der Waals surface area (Å²) in [7, 11) is 0. The summed E-state index contributed by atoms with van der Waals surface area (Å²) in [6.45, 7) is 10.7. The third kappa shape index (κ3) is 4.49. The Labute approximate surface area is 98.3 Å². The highest BCUT2D eigenvalue weighted by Gasteiger charge is 2.04. The molecule has 0 radical (unpaired) electrons. The zero-order valence-electron chi connectivity index (χ0n) is 10.4. The molecule has 2 heteroatoms. The highest BCUT2D eigenvalue weighted by molar-refractivity contribution is 5.26. The van der Waals surface area contributed by atoms with Gasteiger partial charge in [0.1, 0.15) is 12.4 Å². The number of hydrogen-bond donors (Lipinski definition) is 1. The lowest BCUT2D eigenvalue weighted by Crippen LogP contribution is -2.37. The van der Waals surface area contributed by atoms with E-state index < -0.39 is 0 Å². The Hall–Kier alpha value is -1.28. The molecule has 0 bridgehead atoms. The summed E-state index contributed by atoms with van der Waals surface area (Å²) < 4.78 is 5.67. The summed E-state index contributed by atoms with van der Waals surface area (Å²) in [4.78, 5) is 0. The maximum absolute atomic E-state index is 5.67. The van der Waals surface area contributed by atoms with Crippen LogP contribution in [-0.2, 0) is 0 Å². The molecule has 16 heavy (non-hydrogen) atoms. The monoisotopic (exact) mass is 219 g/mol. The number of benzene rings is 1. The van der Waals surface area contributed by atoms with Gasteiger partial charge in [0, 0.05) is 12.1 Å². The molecule has 88 valence electrons. The highest BCUT2D eigenvalue weighted by atomic mass is 16.5. The first-order valence-electron chi connectivity index (χ1n) is 5.70. The van der Waals surface area contributed by atoms with Crippen LogP contribution in [-0.4, -0.2) is 18.7 Å². The molecule has 0 aliphatic heterocycles. The molecule has 1 aromatic carbocycles. The first kappa shape index (κ1) is 12.8. The third-order valence-corrected chi connectivity index (χ3v) is 2.42. The molecular weight excluding hydrogens is 198 g/mol. The second kappa shape index (κ2) is 6.33. The van der Waals surface area contributed by atoms with E-state index in [1.165, 1.54) is 5.56 Å². The van der Waals surface area contributed by atoms with E-state index in [1.807, 2.05) is 18.2 Å². The Balaban J connectivity index is 2.33. The van der Waals surface area contributed by atoms with Crippen LogP contribution in [0.2, 0.25) is 0 Å². The number of rotatable bonds is 6. The van der Waals surface area contributed by atoms with Crippen molar-refractivity contribution in [1.82, 2.24) is 5.32 Å². The fraction of sp³-hybridized carbons (Fsp3) is 0.429. The van der Waals surface area contributed by atoms with Gasteiger partial charge < -0.3 is 10.1 Å². The zero-order chi connectivity index (χ0) is 12.0. The second-order valence-corrected chi connectivity index (χ2v) is 4.22. The van der Waals surface area contributed by atoms with Crippen molar-refractivity contribution in [3.05, 3.63) is 42.5 Å². The topological polar surface area (TPSA) is 21.3 Å². The molecule has 2 atom stereocenters. The number of hydrogen-bond acceptors (Lipinski definition) is 2. The van der Waals surface area contributed by atoms with Crippen molar-refractivity contribution in [2.75, 3.05) is 6.61 Å². The Morgan fingerprint density at radius 2 is 1.94 bits per heavy atom. The maximum Gasteiger partial charge on any atom is 0.119 e. The molecule has 0 heterocycles. The van der Waals surface area contributed by atoms with Gasteiger partial charge in [0.05, 0.1) is 0 Å². The van der Waals surface area contributed by atoms with E-state index in [0.717, 1.165) is 5.75 Å². The predicted molar refractivity (Wildman–Crippen MR) is 68.9 cm³/mol. The van der Waals surface area contributed by atoms with Gasteiger partial charge >= 0.3 is 0 Å². The Kier molecular flexibility index (Phi) is 5.06. The molecule has 0 saturated heterocycles. The van der Waals surface area contributed by atoms with E-state index in [1.54, 1.807) is 0 Å². The third-order valence-electron chi connectivity index (χ3n) is 2.42. The van der Waals surface area contributed by atoms with Crippen LogP contribution in [0, 0.1) is 6.92 Å². The minimum Gasteiger partial charge on any atom is -0.492 e. The molecule has 2 nitrogen and oxygen atoms in total. The molecule has 0 aromatic heterocycles. The maximum atomic E-state index is 5.67. The molecule has 0 amide bonds. The number of nitrogens with one attached hydrogen (secondary N) is 1. The van der Waals surface area contributed by atoms with Gasteiger partial charge in [-0.05, 0) is 32.9 Å². The quantitative estimate of drug-likeness (QED) is 0.743. The molecule has 0 aliphatic carbocycles. The van der Waals surface area contributed by atoms with Crippen molar-refractivity contribution < 1.29 is 4.74 Å². The van der Waals surface area contributed by atoms with E-state index in [0.29, 0.717) is 18.7 Å². The minimum absolute atomic E-state index is 0.314. The lowest BCUT2D eigenvalue weighted by Gasteiger charge is -2.17. The molecule has 1 aromatic rings. The standard InChI is InChI=1S/C14H21NO/c1-5-12(3)15-13(4)10-16-14-8-6-11(2)7-9-14/h5-9,12-13,15H,1,10H2,2-4H3. The highest BCUT2D eigenvalue weighted by Crippen LogP contribution is 2.11. The van der Waals surface area contributed by atoms with Crippen molar-refractivity contribution in [2.24, 2.45) is 0 Å². The summed E-state index contributed by atoms with van der Waals surface area (Å²) in [5, 5.41) is 3.37. The molecular formula is C14H21NO. The van der Waals surface area contributed by atoms with E-state index in [4.69, 9.17) is 4.74 Å². The number of aryl methyl sites for hydroxylation is 1. The second-order valence-electron chi connectivity index (χ2n) is 4.22. The van der Waals surface area contributed by atoms with Gasteiger partial charge in [0.2, 0.25) is 0 Å². The van der Waals surface area contributed by atoms with Crippen molar-refractivity contribution in [1.29, 1.82) is 0 Å². The van der Waals surface area contributed by atoms with Crippen LogP contribution in [0.1, 0.15) is 19.4 Å². The van der Waals surface area contributed by atoms with Crippen LogP contribution < -0.4 is 10.1 Å². The van der Waals surface area contributed by atoms with Crippen molar-refractivity contribution in [3.8, 4) is 5.75 Å². The van der Waals surface area contributed by atoms with Gasteiger partial charge in [0.15, 0.2) is 0 Å². The largest absolute Gasteiger partial charge is 0.492 e. The van der Waals surface area contributed by atoms with E-state index in [-0.39, 0.29) is 0 Å². The fourth-order valence-corrected chi connectivity index (χ4v) is 1.42. The van der Waals surface area contributed by atoms with Gasteiger partial charge in [-0.1, -0.05) is 23.8 Å². The van der Waals surface area contributed by atoms with Crippen LogP contribution in [0.5, 0.6) is 5.75 Å². The van der Waals surface area contributed by atoms with Gasteiger partial charge in [-0.3, -0.25) is 0 Å². The van der Waals surface area contributed by atoms with Crippen LogP contribution in [0.25, 0.3) is 0 Å². The van der Waals surface area contributed by atoms with E-state index in [2.05, 4.69) is 44.8 Å². The number of ether oxygens (including phenoxy) is 1. The molecule has 1 rings (SSSR count). The van der Waals surface area contributed by atoms with Crippen LogP contribution in [0.15, 0.2) is 36.9 Å². The molecule has 1 N–H and O–H groups in total. The summed E-state index contributed by atoms with van der Waals surface area (Å²) in [5.41, 5.74) is 1.25. The summed E-state index contributed by atoms with van der Waals surface area (Å²) in [6.07, 6.45) is 1.89. The Bertz CT molecular complexity index is 318. The van der Waals surface area contributed by atoms with Gasteiger partial charge in [-0.2, -0.15) is 0 Å². The van der Waals surface area contributed by atoms with E-state index >= 15 is 0 Å². The Morgan fingerprint density at radius 3 is 2.50 bits per heavy atom.